The summed E-state index contributed by atoms with van der Waals surface area (Å²) in [4.78, 5) is 18.8. The van der Waals surface area contributed by atoms with Gasteiger partial charge in [-0.05, 0) is 31.4 Å². The number of hydrogen-bond acceptors (Lipinski definition) is 10. The second-order valence-electron chi connectivity index (χ2n) is 7.27. The van der Waals surface area contributed by atoms with E-state index in [1.165, 1.54) is 22.5 Å². The topological polar surface area (TPSA) is 163 Å². The van der Waals surface area contributed by atoms with Crippen LogP contribution in [0.25, 0.3) is 11.0 Å². The zero-order chi connectivity index (χ0) is 27.0. The first-order chi connectivity index (χ1) is 17.2. The summed E-state index contributed by atoms with van der Waals surface area (Å²) in [7, 11) is 0. The predicted molar refractivity (Wildman–Crippen MR) is 133 cm³/mol. The number of nitrogens with zero attached hydrogens (tertiary/aromatic N) is 7. The largest absolute Gasteiger partial charge is 0.414 e. The highest BCUT2D eigenvalue weighted by molar-refractivity contribution is 6.34. The third kappa shape index (κ3) is 6.79. The summed E-state index contributed by atoms with van der Waals surface area (Å²) in [6.07, 6.45) is 2.22. The number of hydrogen-bond donors (Lipinski definition) is 2. The molecule has 36 heavy (non-hydrogen) atoms. The first-order valence-corrected chi connectivity index (χ1v) is 12.4. The molecular weight excluding hydrogens is 517 g/mol. The minimum Gasteiger partial charge on any atom is -0.414 e. The molecule has 0 atom stereocenters. The van der Waals surface area contributed by atoms with Crippen LogP contribution < -0.4 is 4.74 Å². The average molecular weight is 548 g/mol. The molecule has 1 aliphatic rings. The number of rotatable bonds is 7. The highest BCUT2D eigenvalue weighted by atomic mass is 35.5. The molecule has 0 spiro atoms. The molecule has 4 rings (SSSR count). The zero-order valence-electron chi connectivity index (χ0n) is 20.8. The number of aromatic nitrogens is 6. The quantitative estimate of drug-likeness (QED) is 0.190. The van der Waals surface area contributed by atoms with Crippen molar-refractivity contribution in [1.82, 2.24) is 29.5 Å². The number of ether oxygens (including phenoxy) is 2. The fourth-order valence-electron chi connectivity index (χ4n) is 3.56. The molecule has 0 amide bonds. The van der Waals surface area contributed by atoms with E-state index in [-0.39, 0.29) is 34.4 Å². The molecule has 200 valence electrons. The van der Waals surface area contributed by atoms with E-state index in [1.54, 1.807) is 0 Å². The summed E-state index contributed by atoms with van der Waals surface area (Å²) in [6, 6.07) is -0.117. The van der Waals surface area contributed by atoms with E-state index < -0.39 is 28.9 Å². The van der Waals surface area contributed by atoms with Crippen molar-refractivity contribution < 1.29 is 24.6 Å². The van der Waals surface area contributed by atoms with Crippen LogP contribution in [0.3, 0.4) is 0 Å². The lowest BCUT2D eigenvalue weighted by molar-refractivity contribution is -0.389. The maximum atomic E-state index is 11.6. The molecule has 1 aliphatic heterocycles. The lowest BCUT2D eigenvalue weighted by atomic mass is 10.1. The zero-order valence-corrected chi connectivity index (χ0v) is 22.3. The summed E-state index contributed by atoms with van der Waals surface area (Å²) < 4.78 is 13.3. The Hall–Kier alpha value is -2.58. The van der Waals surface area contributed by atoms with Crippen LogP contribution in [-0.4, -0.2) is 63.9 Å². The highest BCUT2D eigenvalue weighted by Crippen LogP contribution is 2.35. The molecule has 3 aromatic heterocycles. The fraction of sp³-hybridized carbons (Fsp3) is 0.619. The van der Waals surface area contributed by atoms with E-state index in [4.69, 9.17) is 32.7 Å². The van der Waals surface area contributed by atoms with E-state index >= 15 is 0 Å². The van der Waals surface area contributed by atoms with Gasteiger partial charge in [0, 0.05) is 19.4 Å². The molecule has 0 saturated carbocycles. The second-order valence-corrected chi connectivity index (χ2v) is 7.97. The summed E-state index contributed by atoms with van der Waals surface area (Å²) >= 11 is 11.9. The monoisotopic (exact) mass is 547 g/mol. The van der Waals surface area contributed by atoms with E-state index in [0.717, 1.165) is 0 Å². The van der Waals surface area contributed by atoms with Gasteiger partial charge in [0.1, 0.15) is 5.69 Å². The Morgan fingerprint density at radius 1 is 1.22 bits per heavy atom. The first-order valence-electron chi connectivity index (χ1n) is 11.7. The highest BCUT2D eigenvalue weighted by Gasteiger charge is 2.36. The van der Waals surface area contributed by atoms with Gasteiger partial charge in [-0.25, -0.2) is 9.67 Å². The normalized spacial score (nSPS) is 14.0. The van der Waals surface area contributed by atoms with Crippen LogP contribution in [0, 0.1) is 17.0 Å². The lowest BCUT2D eigenvalue weighted by Crippen LogP contribution is -2.37. The number of aryl methyl sites for hydroxylation is 1. The van der Waals surface area contributed by atoms with Crippen molar-refractivity contribution in [1.29, 1.82) is 0 Å². The maximum absolute atomic E-state index is 11.6. The standard InChI is InChI=1S/C17H19Cl2N7O6.2C2H6/c1-9-12(26(29)30)15(23-25(9)10-2-6-31-7-3-10)32-17(27,28)4-5-24-14-11(13(18)22-24)8-20-16(19)21-14;2*1-2/h8,10,27-28H,2-7H2,1H3;2*1-2H3. The summed E-state index contributed by atoms with van der Waals surface area (Å²) in [5.41, 5.74) is 0.108. The van der Waals surface area contributed by atoms with E-state index in [9.17, 15) is 20.3 Å². The Morgan fingerprint density at radius 3 is 2.47 bits per heavy atom. The van der Waals surface area contributed by atoms with Crippen LogP contribution in [0.4, 0.5) is 5.69 Å². The smallest absolute Gasteiger partial charge is 0.353 e. The minimum absolute atomic E-state index is 0.0319. The molecule has 0 aliphatic carbocycles. The van der Waals surface area contributed by atoms with Gasteiger partial charge in [-0.2, -0.15) is 10.1 Å². The minimum atomic E-state index is -2.78. The van der Waals surface area contributed by atoms with Gasteiger partial charge in [-0.1, -0.05) is 39.3 Å². The number of aliphatic hydroxyl groups is 2. The van der Waals surface area contributed by atoms with Gasteiger partial charge in [-0.15, -0.1) is 5.10 Å². The van der Waals surface area contributed by atoms with Crippen LogP contribution in [-0.2, 0) is 11.3 Å². The van der Waals surface area contributed by atoms with Crippen molar-refractivity contribution in [2.24, 2.45) is 0 Å². The Morgan fingerprint density at radius 2 is 1.86 bits per heavy atom. The maximum Gasteiger partial charge on any atom is 0.353 e. The van der Waals surface area contributed by atoms with Crippen molar-refractivity contribution in [3.05, 3.63) is 32.4 Å². The predicted octanol–water partition coefficient (Wildman–Crippen LogP) is 4.06. The van der Waals surface area contributed by atoms with E-state index in [2.05, 4.69) is 20.2 Å². The summed E-state index contributed by atoms with van der Waals surface area (Å²) in [6.45, 7) is 10.4. The molecule has 1 fully saturated rings. The first kappa shape index (κ1) is 29.6. The van der Waals surface area contributed by atoms with E-state index in [0.29, 0.717) is 31.4 Å². The van der Waals surface area contributed by atoms with Crippen molar-refractivity contribution in [2.75, 3.05) is 13.2 Å². The summed E-state index contributed by atoms with van der Waals surface area (Å²) in [5.74, 6) is -3.27. The van der Waals surface area contributed by atoms with Crippen molar-refractivity contribution >= 4 is 39.9 Å². The van der Waals surface area contributed by atoms with E-state index in [1.807, 2.05) is 27.7 Å². The van der Waals surface area contributed by atoms with Crippen LogP contribution in [0.15, 0.2) is 6.20 Å². The summed E-state index contributed by atoms with van der Waals surface area (Å²) in [5, 5.41) is 41.1. The average Bonchev–Trinajstić information content (AvgIpc) is 3.36. The van der Waals surface area contributed by atoms with Crippen LogP contribution >= 0.6 is 23.2 Å². The van der Waals surface area contributed by atoms with Crippen molar-refractivity contribution in [3.63, 3.8) is 0 Å². The molecule has 0 aromatic carbocycles. The Balaban J connectivity index is 0.00000109. The van der Waals surface area contributed by atoms with Gasteiger partial charge < -0.3 is 19.7 Å². The second kappa shape index (κ2) is 13.1. The van der Waals surface area contributed by atoms with Crippen molar-refractivity contribution in [2.45, 2.75) is 72.4 Å². The van der Waals surface area contributed by atoms with Gasteiger partial charge in [-0.3, -0.25) is 14.8 Å². The molecule has 1 saturated heterocycles. The molecule has 3 aromatic rings. The molecule has 0 radical (unpaired) electrons. The van der Waals surface area contributed by atoms with Gasteiger partial charge in [0.05, 0.1) is 29.3 Å². The van der Waals surface area contributed by atoms with Crippen LogP contribution in [0.1, 0.15) is 58.7 Å². The molecular formula is C21H31Cl2N7O6. The molecule has 2 N–H and O–H groups in total. The number of nitro groups is 1. The van der Waals surface area contributed by atoms with Gasteiger partial charge >= 0.3 is 17.5 Å². The molecule has 15 heteroatoms. The molecule has 0 unspecified atom stereocenters. The van der Waals surface area contributed by atoms with Crippen LogP contribution in [0.2, 0.25) is 10.4 Å². The Labute approximate surface area is 218 Å². The molecule has 0 bridgehead atoms. The van der Waals surface area contributed by atoms with Gasteiger partial charge in [0.2, 0.25) is 5.28 Å². The fourth-order valence-corrected chi connectivity index (χ4v) is 3.92. The van der Waals surface area contributed by atoms with Gasteiger partial charge in [0.15, 0.2) is 10.8 Å². The van der Waals surface area contributed by atoms with Gasteiger partial charge in [0.25, 0.3) is 0 Å². The van der Waals surface area contributed by atoms with Crippen LogP contribution in [0.5, 0.6) is 5.88 Å². The molecule has 4 heterocycles. The Kier molecular flexibility index (Phi) is 10.8. The number of halogens is 2. The SMILES string of the molecule is CC.CC.Cc1c([N+](=O)[O-])c(OC(O)(O)CCn2nc(Cl)c3cnc(Cl)nc32)nn1C1CCOCC1. The molecule has 13 nitrogen and oxygen atoms in total. The third-order valence-electron chi connectivity index (χ3n) is 5.13. The third-order valence-corrected chi connectivity index (χ3v) is 5.59. The number of fused-ring (bicyclic) bond motifs is 1. The lowest BCUT2D eigenvalue weighted by Gasteiger charge is -2.23. The van der Waals surface area contributed by atoms with Crippen molar-refractivity contribution in [3.8, 4) is 5.88 Å². The Bertz CT molecular complexity index is 1160.